The highest BCUT2D eigenvalue weighted by Gasteiger charge is 2.40. The second kappa shape index (κ2) is 3.77. The molecule has 0 radical (unpaired) electrons. The minimum Gasteiger partial charge on any atom is -0.264 e. The van der Waals surface area contributed by atoms with Crippen LogP contribution in [0.5, 0.6) is 0 Å². The maximum atomic E-state index is 11.9. The van der Waals surface area contributed by atoms with E-state index in [1.165, 1.54) is 0 Å². The molecule has 1 heterocycles. The van der Waals surface area contributed by atoms with Crippen molar-refractivity contribution >= 4 is 27.1 Å². The molecule has 0 aromatic heterocycles. The van der Waals surface area contributed by atoms with Gasteiger partial charge in [0.1, 0.15) is 0 Å². The van der Waals surface area contributed by atoms with Gasteiger partial charge in [-0.05, 0) is 22.1 Å². The van der Waals surface area contributed by atoms with Crippen molar-refractivity contribution in [1.82, 2.24) is 5.23 Å². The lowest BCUT2D eigenvalue weighted by Gasteiger charge is -2.25. The second-order valence-electron chi connectivity index (χ2n) is 3.65. The maximum absolute atomic E-state index is 11.9. The van der Waals surface area contributed by atoms with Crippen LogP contribution in [-0.2, 0) is 19.0 Å². The molecule has 1 aliphatic heterocycles. The van der Waals surface area contributed by atoms with E-state index in [1.807, 2.05) is 18.2 Å². The van der Waals surface area contributed by atoms with E-state index in [0.29, 0.717) is 16.2 Å². The van der Waals surface area contributed by atoms with Crippen LogP contribution in [0.25, 0.3) is 10.8 Å². The third-order valence-corrected chi connectivity index (χ3v) is 3.14. The molecule has 3 rings (SSSR count). The van der Waals surface area contributed by atoms with Gasteiger partial charge in [-0.2, -0.15) is 8.42 Å². The van der Waals surface area contributed by atoms with E-state index >= 15 is 0 Å². The van der Waals surface area contributed by atoms with Crippen LogP contribution in [0.4, 0.5) is 0 Å². The van der Waals surface area contributed by atoms with E-state index in [0.717, 1.165) is 5.39 Å². The summed E-state index contributed by atoms with van der Waals surface area (Å²) in [6.07, 6.45) is 0. The Bertz CT molecular complexity index is 723. The zero-order valence-corrected chi connectivity index (χ0v) is 9.75. The van der Waals surface area contributed by atoms with E-state index in [-0.39, 0.29) is 0 Å². The quantitative estimate of drug-likeness (QED) is 0.779. The van der Waals surface area contributed by atoms with Gasteiger partial charge < -0.3 is 0 Å². The molecule has 0 unspecified atom stereocenters. The van der Waals surface area contributed by atoms with Gasteiger partial charge in [0, 0.05) is 0 Å². The molecule has 0 spiro atoms. The van der Waals surface area contributed by atoms with Crippen LogP contribution in [0, 0.1) is 0 Å². The highest BCUT2D eigenvalue weighted by molar-refractivity contribution is 7.82. The molecule has 7 heteroatoms. The molecule has 1 amide bonds. The van der Waals surface area contributed by atoms with Crippen molar-refractivity contribution in [3.05, 3.63) is 48.0 Å². The first kappa shape index (κ1) is 11.1. The summed E-state index contributed by atoms with van der Waals surface area (Å²) in [4.78, 5) is 11.9. The van der Waals surface area contributed by atoms with Gasteiger partial charge in [0.2, 0.25) is 0 Å². The molecule has 2 aromatic carbocycles. The van der Waals surface area contributed by atoms with Gasteiger partial charge in [-0.1, -0.05) is 45.0 Å². The Kier molecular flexibility index (Phi) is 2.34. The number of hydrogen-bond donors (Lipinski definition) is 0. The van der Waals surface area contributed by atoms with E-state index in [4.69, 9.17) is 0 Å². The van der Waals surface area contributed by atoms with Crippen molar-refractivity contribution < 1.29 is 21.8 Å². The minimum absolute atomic E-state index is 0.308. The molecule has 0 bridgehead atoms. The van der Waals surface area contributed by atoms with E-state index in [9.17, 15) is 13.2 Å². The summed E-state index contributed by atoms with van der Waals surface area (Å²) >= 11 is 0. The summed E-state index contributed by atoms with van der Waals surface area (Å²) in [5, 5.41) is 1.91. The first-order valence-corrected chi connectivity index (χ1v) is 6.36. The predicted molar refractivity (Wildman–Crippen MR) is 61.2 cm³/mol. The van der Waals surface area contributed by atoms with Crippen LogP contribution in [0.15, 0.2) is 42.5 Å². The fourth-order valence-electron chi connectivity index (χ4n) is 1.75. The van der Waals surface area contributed by atoms with Crippen LogP contribution in [0.3, 0.4) is 0 Å². The monoisotopic (exact) mass is 265 g/mol. The van der Waals surface area contributed by atoms with E-state index in [2.05, 4.69) is 8.57 Å². The molecular formula is C11H7NO5S. The Morgan fingerprint density at radius 3 is 2.39 bits per heavy atom. The Morgan fingerprint density at radius 1 is 1.00 bits per heavy atom. The van der Waals surface area contributed by atoms with E-state index < -0.39 is 16.3 Å². The largest absolute Gasteiger partial charge is 0.446 e. The van der Waals surface area contributed by atoms with Gasteiger partial charge >= 0.3 is 16.3 Å². The molecular weight excluding hydrogens is 258 g/mol. The van der Waals surface area contributed by atoms with Gasteiger partial charge in [-0.15, -0.1) is 0 Å². The third kappa shape index (κ3) is 1.74. The number of carbonyl (C=O) groups excluding carboxylic acids is 1. The number of hydrogen-bond acceptors (Lipinski definition) is 5. The first-order valence-electron chi connectivity index (χ1n) is 5.03. The summed E-state index contributed by atoms with van der Waals surface area (Å²) in [6.45, 7) is 0. The van der Waals surface area contributed by atoms with Gasteiger partial charge in [0.05, 0.1) is 5.56 Å². The maximum Gasteiger partial charge on any atom is 0.446 e. The zero-order valence-electron chi connectivity index (χ0n) is 8.94. The summed E-state index contributed by atoms with van der Waals surface area (Å²) in [5.41, 5.74) is 0.308. The average molecular weight is 265 g/mol. The van der Waals surface area contributed by atoms with Crippen molar-refractivity contribution in [2.24, 2.45) is 0 Å². The fraction of sp³-hybridized carbons (Fsp3) is 0. The number of hydroxylamine groups is 2. The van der Waals surface area contributed by atoms with Crippen molar-refractivity contribution in [2.75, 3.05) is 0 Å². The van der Waals surface area contributed by atoms with Crippen LogP contribution in [0.2, 0.25) is 0 Å². The van der Waals surface area contributed by atoms with Crippen molar-refractivity contribution in [3.8, 4) is 0 Å². The lowest BCUT2D eigenvalue weighted by atomic mass is 10.0. The van der Waals surface area contributed by atoms with Gasteiger partial charge in [-0.25, -0.2) is 0 Å². The summed E-state index contributed by atoms with van der Waals surface area (Å²) in [7, 11) is -4.03. The molecule has 1 fully saturated rings. The predicted octanol–water partition coefficient (Wildman–Crippen LogP) is 1.40. The molecule has 6 nitrogen and oxygen atoms in total. The lowest BCUT2D eigenvalue weighted by Crippen LogP contribution is -2.45. The fourth-order valence-corrected chi connectivity index (χ4v) is 2.23. The normalized spacial score (nSPS) is 17.4. The Hall–Kier alpha value is -1.96. The van der Waals surface area contributed by atoms with Crippen LogP contribution < -0.4 is 0 Å². The second-order valence-corrected chi connectivity index (χ2v) is 4.76. The molecule has 1 aliphatic rings. The number of fused-ring (bicyclic) bond motifs is 1. The SMILES string of the molecule is O=C(c1cccc2ccccc12)N1OS(=O)(=O)O1. The standard InChI is InChI=1S/C11H7NO5S/c13-11(12-16-18(14,15)17-12)10-7-3-5-8-4-1-2-6-9(8)10/h1-7H. The number of amides is 1. The highest BCUT2D eigenvalue weighted by Crippen LogP contribution is 2.24. The van der Waals surface area contributed by atoms with Gasteiger partial charge in [0.15, 0.2) is 0 Å². The number of carbonyl (C=O) groups is 1. The molecule has 0 N–H and O–H groups in total. The number of rotatable bonds is 1. The van der Waals surface area contributed by atoms with Crippen molar-refractivity contribution in [1.29, 1.82) is 0 Å². The average Bonchev–Trinajstić information content (AvgIpc) is 2.34. The first-order chi connectivity index (χ1) is 8.57. The molecule has 0 atom stereocenters. The minimum atomic E-state index is -4.03. The topological polar surface area (TPSA) is 72.9 Å². The molecule has 0 saturated carbocycles. The highest BCUT2D eigenvalue weighted by atomic mass is 32.3. The van der Waals surface area contributed by atoms with Crippen molar-refractivity contribution in [2.45, 2.75) is 0 Å². The molecule has 92 valence electrons. The Balaban J connectivity index is 2.02. The van der Waals surface area contributed by atoms with Crippen molar-refractivity contribution in [3.63, 3.8) is 0 Å². The van der Waals surface area contributed by atoms with Gasteiger partial charge in [0.25, 0.3) is 0 Å². The van der Waals surface area contributed by atoms with Crippen LogP contribution in [0.1, 0.15) is 10.4 Å². The number of benzene rings is 2. The molecule has 1 saturated heterocycles. The molecule has 0 aliphatic carbocycles. The summed E-state index contributed by atoms with van der Waals surface area (Å²) in [6, 6.07) is 12.4. The van der Waals surface area contributed by atoms with Gasteiger partial charge in [-0.3, -0.25) is 4.79 Å². The lowest BCUT2D eigenvalue weighted by molar-refractivity contribution is -0.281. The Labute approximate surface area is 103 Å². The molecule has 18 heavy (non-hydrogen) atoms. The summed E-state index contributed by atoms with van der Waals surface area (Å²) in [5.74, 6) is -0.665. The number of nitrogens with zero attached hydrogens (tertiary/aromatic N) is 1. The Morgan fingerprint density at radius 2 is 1.67 bits per heavy atom. The van der Waals surface area contributed by atoms with Crippen LogP contribution >= 0.6 is 0 Å². The summed E-state index contributed by atoms with van der Waals surface area (Å²) < 4.78 is 29.8. The smallest absolute Gasteiger partial charge is 0.264 e. The third-order valence-electron chi connectivity index (χ3n) is 2.50. The van der Waals surface area contributed by atoms with E-state index in [1.54, 1.807) is 24.3 Å². The zero-order chi connectivity index (χ0) is 12.8. The molecule has 2 aromatic rings. The van der Waals surface area contributed by atoms with Crippen LogP contribution in [-0.4, -0.2) is 19.6 Å².